The molecule has 29 heavy (non-hydrogen) atoms. The van der Waals surface area contributed by atoms with Gasteiger partial charge in [0.15, 0.2) is 11.3 Å². The van der Waals surface area contributed by atoms with E-state index in [0.29, 0.717) is 4.47 Å². The minimum Gasteiger partial charge on any atom is -0.360 e. The Morgan fingerprint density at radius 2 is 2.00 bits per heavy atom. The quantitative estimate of drug-likeness (QED) is 0.353. The van der Waals surface area contributed by atoms with Gasteiger partial charge < -0.3 is 5.32 Å². The van der Waals surface area contributed by atoms with Crippen molar-refractivity contribution in [2.45, 2.75) is 37.1 Å². The number of nitrogens with zero attached hydrogens (tertiary/aromatic N) is 1. The maximum Gasteiger partial charge on any atom is 0.280 e. The van der Waals surface area contributed by atoms with Crippen molar-refractivity contribution in [3.63, 3.8) is 0 Å². The van der Waals surface area contributed by atoms with Gasteiger partial charge in [0.25, 0.3) is 12.3 Å². The molecular formula is C19H14BrF5N2OS. The fraction of sp³-hybridized carbons (Fsp3) is 0.316. The molecule has 1 fully saturated rings. The molecule has 1 aliphatic heterocycles. The summed E-state index contributed by atoms with van der Waals surface area (Å²) in [5, 5.41) is 1.98. The maximum absolute atomic E-state index is 14.7. The third-order valence-electron chi connectivity index (χ3n) is 4.74. The van der Waals surface area contributed by atoms with Gasteiger partial charge in [-0.15, -0.1) is 0 Å². The molecule has 0 bridgehead atoms. The Morgan fingerprint density at radius 3 is 2.62 bits per heavy atom. The van der Waals surface area contributed by atoms with Crippen LogP contribution in [0, 0.1) is 5.82 Å². The molecular weight excluding hydrogens is 479 g/mol. The highest BCUT2D eigenvalue weighted by molar-refractivity contribution is 9.10. The van der Waals surface area contributed by atoms with Crippen LogP contribution in [0.25, 0.3) is 0 Å². The van der Waals surface area contributed by atoms with E-state index in [1.165, 1.54) is 18.3 Å². The van der Waals surface area contributed by atoms with E-state index in [9.17, 15) is 26.7 Å². The third-order valence-corrected chi connectivity index (χ3v) is 5.52. The van der Waals surface area contributed by atoms with Gasteiger partial charge in [0.2, 0.25) is 0 Å². The fourth-order valence-corrected chi connectivity index (χ4v) is 3.74. The van der Waals surface area contributed by atoms with Crippen molar-refractivity contribution in [1.82, 2.24) is 10.3 Å². The second-order valence-electron chi connectivity index (χ2n) is 6.64. The van der Waals surface area contributed by atoms with Crippen LogP contribution in [-0.4, -0.2) is 28.1 Å². The molecule has 1 atom stereocenters. The zero-order valence-electron chi connectivity index (χ0n) is 14.7. The topological polar surface area (TPSA) is 42.0 Å². The minimum atomic E-state index is -3.96. The van der Waals surface area contributed by atoms with Crippen LogP contribution >= 0.6 is 28.1 Å². The van der Waals surface area contributed by atoms with Crippen LogP contribution in [0.2, 0.25) is 0 Å². The molecule has 2 heterocycles. The molecule has 1 aliphatic rings. The second-order valence-corrected chi connectivity index (χ2v) is 8.05. The van der Waals surface area contributed by atoms with Gasteiger partial charge in [-0.25, -0.2) is 22.0 Å². The number of pyridine rings is 1. The lowest BCUT2D eigenvalue weighted by molar-refractivity contribution is -0.158. The van der Waals surface area contributed by atoms with Crippen molar-refractivity contribution in [2.75, 3.05) is 0 Å². The fourth-order valence-electron chi connectivity index (χ4n) is 3.24. The molecule has 1 saturated heterocycles. The molecule has 1 aromatic carbocycles. The van der Waals surface area contributed by atoms with Crippen molar-refractivity contribution < 1.29 is 26.7 Å². The Bertz CT molecular complexity index is 954. The second kappa shape index (κ2) is 8.06. The first-order valence-corrected chi connectivity index (χ1v) is 9.67. The van der Waals surface area contributed by atoms with Crippen molar-refractivity contribution in [2.24, 2.45) is 0 Å². The van der Waals surface area contributed by atoms with E-state index >= 15 is 0 Å². The zero-order chi connectivity index (χ0) is 21.4. The number of hydrogen-bond acceptors (Lipinski definition) is 3. The molecule has 0 amide bonds. The van der Waals surface area contributed by atoms with Crippen LogP contribution in [0.3, 0.4) is 0 Å². The van der Waals surface area contributed by atoms with Crippen LogP contribution in [0.4, 0.5) is 22.0 Å². The summed E-state index contributed by atoms with van der Waals surface area (Å²) in [5.41, 5.74) is -4.02. The molecule has 0 unspecified atom stereocenters. The van der Waals surface area contributed by atoms with Crippen LogP contribution in [-0.2, 0) is 12.0 Å². The Labute approximate surface area is 176 Å². The average molecular weight is 493 g/mol. The molecule has 3 nitrogen and oxygen atoms in total. The van der Waals surface area contributed by atoms with E-state index in [4.69, 9.17) is 12.2 Å². The number of piperidine rings is 1. The molecule has 10 heteroatoms. The summed E-state index contributed by atoms with van der Waals surface area (Å²) in [7, 11) is 0. The summed E-state index contributed by atoms with van der Waals surface area (Å²) >= 11 is 8.01. The Morgan fingerprint density at radius 1 is 1.28 bits per heavy atom. The Hall–Kier alpha value is -1.94. The first-order chi connectivity index (χ1) is 13.6. The van der Waals surface area contributed by atoms with Gasteiger partial charge in [-0.1, -0.05) is 18.3 Å². The van der Waals surface area contributed by atoms with E-state index in [2.05, 4.69) is 20.9 Å². The Balaban J connectivity index is 2.02. The summed E-state index contributed by atoms with van der Waals surface area (Å²) in [4.78, 5) is 16.1. The Kier molecular flexibility index (Phi) is 6.05. The van der Waals surface area contributed by atoms with Crippen molar-refractivity contribution >= 4 is 38.9 Å². The van der Waals surface area contributed by atoms with E-state index in [0.717, 1.165) is 12.1 Å². The molecule has 0 radical (unpaired) electrons. The molecule has 1 aromatic heterocycles. The summed E-state index contributed by atoms with van der Waals surface area (Å²) in [6, 6.07) is 5.90. The van der Waals surface area contributed by atoms with Gasteiger partial charge in [0.05, 0.1) is 4.99 Å². The normalized spacial score (nSPS) is 21.1. The number of rotatable bonds is 5. The van der Waals surface area contributed by atoms with Crippen LogP contribution < -0.4 is 5.32 Å². The number of nitrogens with one attached hydrogen (secondary N) is 1. The maximum atomic E-state index is 14.7. The highest BCUT2D eigenvalue weighted by atomic mass is 79.9. The number of ketones is 1. The zero-order valence-corrected chi connectivity index (χ0v) is 17.1. The van der Waals surface area contributed by atoms with E-state index in [-0.39, 0.29) is 29.1 Å². The van der Waals surface area contributed by atoms with Gasteiger partial charge in [-0.3, -0.25) is 9.78 Å². The molecule has 0 saturated carbocycles. The van der Waals surface area contributed by atoms with Gasteiger partial charge in [-0.05, 0) is 45.8 Å². The van der Waals surface area contributed by atoms with Crippen molar-refractivity contribution in [3.8, 4) is 0 Å². The molecule has 1 N–H and O–H groups in total. The molecule has 0 spiro atoms. The lowest BCUT2D eigenvalue weighted by Gasteiger charge is -2.45. The van der Waals surface area contributed by atoms with Gasteiger partial charge in [0.1, 0.15) is 11.5 Å². The van der Waals surface area contributed by atoms with Crippen LogP contribution in [0.1, 0.15) is 34.5 Å². The monoisotopic (exact) mass is 492 g/mol. The number of Topliss-reactive ketones (excluding diaryl/α,β-unsaturated/α-hetero) is 1. The van der Waals surface area contributed by atoms with E-state index in [1.807, 2.05) is 5.32 Å². The number of halogens is 6. The van der Waals surface area contributed by atoms with E-state index < -0.39 is 41.5 Å². The average Bonchev–Trinajstić information content (AvgIpc) is 2.65. The summed E-state index contributed by atoms with van der Waals surface area (Å²) < 4.78 is 72.4. The number of carbonyl (C=O) groups excluding carboxylic acids is 1. The van der Waals surface area contributed by atoms with Crippen molar-refractivity contribution in [1.29, 1.82) is 0 Å². The van der Waals surface area contributed by atoms with Crippen LogP contribution in [0.15, 0.2) is 41.0 Å². The summed E-state index contributed by atoms with van der Waals surface area (Å²) in [5.74, 6) is -5.67. The largest absolute Gasteiger partial charge is 0.360 e. The van der Waals surface area contributed by atoms with E-state index in [1.54, 1.807) is 6.07 Å². The number of carbonyl (C=O) groups is 1. The van der Waals surface area contributed by atoms with Crippen LogP contribution in [0.5, 0.6) is 0 Å². The first-order valence-electron chi connectivity index (χ1n) is 8.47. The van der Waals surface area contributed by atoms with Gasteiger partial charge in [-0.2, -0.15) is 0 Å². The minimum absolute atomic E-state index is 0.102. The molecule has 2 aromatic rings. The smallest absolute Gasteiger partial charge is 0.280 e. The summed E-state index contributed by atoms with van der Waals surface area (Å²) in [6.07, 6.45) is -3.79. The van der Waals surface area contributed by atoms with Gasteiger partial charge >= 0.3 is 0 Å². The number of alkyl halides is 4. The highest BCUT2D eigenvalue weighted by Crippen LogP contribution is 2.48. The number of thiocarbonyl (C=S) groups is 1. The summed E-state index contributed by atoms with van der Waals surface area (Å²) in [6.45, 7) is 0. The standard InChI is InChI=1S/C19H14BrF5N2OS/c20-11-2-4-14(26-9-11)15(28)8-10-1-3-13(21)12(7-10)19(17(22)23)18(24,25)6-5-16(29)27-19/h1-4,7,9,17H,5-6,8H2,(H,27,29)/t19-/m0/s1. The van der Waals surface area contributed by atoms with Gasteiger partial charge in [0, 0.05) is 35.5 Å². The molecule has 3 rings (SSSR count). The highest BCUT2D eigenvalue weighted by Gasteiger charge is 2.64. The molecule has 0 aliphatic carbocycles. The number of hydrogen-bond donors (Lipinski definition) is 1. The lowest BCUT2D eigenvalue weighted by atomic mass is 9.78. The number of aromatic nitrogens is 1. The molecule has 154 valence electrons. The number of benzene rings is 1. The predicted molar refractivity (Wildman–Crippen MR) is 104 cm³/mol. The lowest BCUT2D eigenvalue weighted by Crippen LogP contribution is -2.65. The first kappa shape index (κ1) is 21.8. The SMILES string of the molecule is O=C(Cc1ccc(F)c([C@@]2(C(F)F)NC(=S)CCC2(F)F)c1)c1ccc(Br)cn1. The predicted octanol–water partition coefficient (Wildman–Crippen LogP) is 5.22. The third kappa shape index (κ3) is 4.05. The van der Waals surface area contributed by atoms with Crippen molar-refractivity contribution in [3.05, 3.63) is 63.6 Å².